The number of esters is 1. The van der Waals surface area contributed by atoms with Crippen molar-refractivity contribution in [1.82, 2.24) is 15.2 Å². The number of benzene rings is 1. The predicted molar refractivity (Wildman–Crippen MR) is 131 cm³/mol. The monoisotopic (exact) mass is 606 g/mol. The van der Waals surface area contributed by atoms with Gasteiger partial charge in [-0.25, -0.2) is 14.2 Å². The fourth-order valence-electron chi connectivity index (χ4n) is 4.01. The molecule has 2 aliphatic heterocycles. The first kappa shape index (κ1) is 27.6. The maximum atomic E-state index is 13.9. The van der Waals surface area contributed by atoms with Crippen LogP contribution in [0.15, 0.2) is 45.1 Å². The number of aliphatic imine (C=N–C) groups is 1. The van der Waals surface area contributed by atoms with Crippen molar-refractivity contribution in [2.45, 2.75) is 25.2 Å². The van der Waals surface area contributed by atoms with Crippen LogP contribution in [0.25, 0.3) is 0 Å². The second-order valence-corrected chi connectivity index (χ2v) is 10.1. The molecule has 1 fully saturated rings. The van der Waals surface area contributed by atoms with Gasteiger partial charge in [0, 0.05) is 23.3 Å². The van der Waals surface area contributed by atoms with Crippen LogP contribution in [0.3, 0.4) is 0 Å². The van der Waals surface area contributed by atoms with E-state index in [9.17, 15) is 27.5 Å². The van der Waals surface area contributed by atoms with Crippen LogP contribution in [0, 0.1) is 5.82 Å². The highest BCUT2D eigenvalue weighted by Gasteiger charge is 2.38. The maximum absolute atomic E-state index is 13.9. The van der Waals surface area contributed by atoms with E-state index in [1.165, 1.54) is 18.2 Å². The SMILES string of the molecule is CCOC(=O)C1=C(CN2CCOCC2CO)NC(c2ncc(C(F)(F)F)s2)=NC1c1ccc(F)cc1Br. The number of morpholine rings is 1. The minimum Gasteiger partial charge on any atom is -0.463 e. The number of aliphatic hydroxyl groups excluding tert-OH is 1. The number of hydrogen-bond donors (Lipinski definition) is 2. The molecule has 0 saturated carbocycles. The third kappa shape index (κ3) is 6.20. The smallest absolute Gasteiger partial charge is 0.427 e. The Labute approximate surface area is 222 Å². The maximum Gasteiger partial charge on any atom is 0.427 e. The Balaban J connectivity index is 1.84. The van der Waals surface area contributed by atoms with Crippen LogP contribution in [0.4, 0.5) is 17.6 Å². The number of hydrogen-bond acceptors (Lipinski definition) is 9. The van der Waals surface area contributed by atoms with Gasteiger partial charge in [-0.05, 0) is 24.6 Å². The number of ether oxygens (including phenoxy) is 2. The third-order valence-corrected chi connectivity index (χ3v) is 7.52. The number of rotatable bonds is 7. The van der Waals surface area contributed by atoms with Crippen molar-refractivity contribution in [3.8, 4) is 0 Å². The van der Waals surface area contributed by atoms with E-state index in [2.05, 4.69) is 31.2 Å². The second-order valence-electron chi connectivity index (χ2n) is 8.19. The largest absolute Gasteiger partial charge is 0.463 e. The van der Waals surface area contributed by atoms with E-state index in [4.69, 9.17) is 9.47 Å². The molecule has 2 unspecified atom stereocenters. The lowest BCUT2D eigenvalue weighted by Gasteiger charge is -2.37. The number of halogens is 5. The quantitative estimate of drug-likeness (QED) is 0.367. The molecule has 2 N–H and O–H groups in total. The molecule has 0 spiro atoms. The summed E-state index contributed by atoms with van der Waals surface area (Å²) in [6, 6.07) is 2.47. The first-order valence-electron chi connectivity index (χ1n) is 11.3. The van der Waals surface area contributed by atoms with Gasteiger partial charge in [-0.1, -0.05) is 22.0 Å². The Morgan fingerprint density at radius 1 is 1.41 bits per heavy atom. The van der Waals surface area contributed by atoms with Crippen molar-refractivity contribution in [3.05, 3.63) is 61.4 Å². The summed E-state index contributed by atoms with van der Waals surface area (Å²) in [6.07, 6.45) is -3.86. The van der Waals surface area contributed by atoms with Crippen LogP contribution in [0.5, 0.6) is 0 Å². The molecule has 2 aliphatic rings. The number of carbonyl (C=O) groups excluding carboxylic acids is 1. The minimum absolute atomic E-state index is 0.0265. The number of alkyl halides is 3. The molecule has 1 saturated heterocycles. The van der Waals surface area contributed by atoms with Crippen LogP contribution in [0.2, 0.25) is 0 Å². The molecule has 0 aliphatic carbocycles. The van der Waals surface area contributed by atoms with Gasteiger partial charge < -0.3 is 19.9 Å². The molecule has 200 valence electrons. The highest BCUT2D eigenvalue weighted by molar-refractivity contribution is 9.10. The molecule has 0 bridgehead atoms. The van der Waals surface area contributed by atoms with Gasteiger partial charge in [-0.15, -0.1) is 11.3 Å². The van der Waals surface area contributed by atoms with E-state index in [1.807, 2.05) is 4.90 Å². The first-order valence-corrected chi connectivity index (χ1v) is 12.9. The molecule has 0 radical (unpaired) electrons. The average Bonchev–Trinajstić information content (AvgIpc) is 3.35. The zero-order chi connectivity index (χ0) is 26.7. The predicted octanol–water partition coefficient (Wildman–Crippen LogP) is 3.66. The molecule has 37 heavy (non-hydrogen) atoms. The summed E-state index contributed by atoms with van der Waals surface area (Å²) in [4.78, 5) is 22.7. The van der Waals surface area contributed by atoms with Gasteiger partial charge in [-0.2, -0.15) is 13.2 Å². The Hall–Kier alpha value is -2.39. The van der Waals surface area contributed by atoms with Gasteiger partial charge in [0.15, 0.2) is 10.8 Å². The lowest BCUT2D eigenvalue weighted by Crippen LogP contribution is -2.50. The Morgan fingerprint density at radius 3 is 2.84 bits per heavy atom. The molecule has 3 heterocycles. The number of carbonyl (C=O) groups is 1. The molecule has 4 rings (SSSR count). The molecule has 8 nitrogen and oxygen atoms in total. The second kappa shape index (κ2) is 11.6. The Bertz CT molecular complexity index is 1220. The number of thiazole rings is 1. The molecule has 0 amide bonds. The number of amidine groups is 1. The van der Waals surface area contributed by atoms with Crippen molar-refractivity contribution in [3.63, 3.8) is 0 Å². The molecule has 2 aromatic rings. The third-order valence-electron chi connectivity index (χ3n) is 5.79. The fourth-order valence-corrected chi connectivity index (χ4v) is 5.31. The van der Waals surface area contributed by atoms with Gasteiger partial charge in [0.2, 0.25) is 0 Å². The van der Waals surface area contributed by atoms with Gasteiger partial charge in [-0.3, -0.25) is 9.89 Å². The number of nitrogens with one attached hydrogen (secondary N) is 1. The van der Waals surface area contributed by atoms with Crippen molar-refractivity contribution >= 4 is 39.1 Å². The topological polar surface area (TPSA) is 96.3 Å². The number of aliphatic hydroxyl groups is 1. The number of nitrogens with zero attached hydrogens (tertiary/aromatic N) is 3. The van der Waals surface area contributed by atoms with Crippen LogP contribution in [-0.4, -0.2) is 72.4 Å². The highest BCUT2D eigenvalue weighted by atomic mass is 79.9. The van der Waals surface area contributed by atoms with Gasteiger partial charge >= 0.3 is 12.1 Å². The molecular weight excluding hydrogens is 584 g/mol. The molecule has 14 heteroatoms. The lowest BCUT2D eigenvalue weighted by molar-refractivity contribution is -0.139. The van der Waals surface area contributed by atoms with Crippen LogP contribution < -0.4 is 5.32 Å². The molecular formula is C23H23BrF4N4O4S. The Kier molecular flexibility index (Phi) is 8.63. The summed E-state index contributed by atoms with van der Waals surface area (Å²) in [5.41, 5.74) is 0.858. The normalized spacial score (nSPS) is 21.0. The first-order chi connectivity index (χ1) is 17.6. The minimum atomic E-state index is -4.58. The van der Waals surface area contributed by atoms with E-state index in [-0.39, 0.29) is 48.8 Å². The van der Waals surface area contributed by atoms with Crippen molar-refractivity contribution in [1.29, 1.82) is 0 Å². The van der Waals surface area contributed by atoms with Crippen LogP contribution >= 0.6 is 27.3 Å². The van der Waals surface area contributed by atoms with Crippen molar-refractivity contribution < 1.29 is 36.9 Å². The molecule has 1 aromatic carbocycles. The number of aromatic nitrogens is 1. The van der Waals surface area contributed by atoms with Gasteiger partial charge in [0.1, 0.15) is 16.7 Å². The van der Waals surface area contributed by atoms with Gasteiger partial charge in [0.05, 0.1) is 44.2 Å². The van der Waals surface area contributed by atoms with E-state index in [1.54, 1.807) is 6.92 Å². The summed E-state index contributed by atoms with van der Waals surface area (Å²) in [6.45, 7) is 2.75. The van der Waals surface area contributed by atoms with Crippen molar-refractivity contribution in [2.75, 3.05) is 39.5 Å². The van der Waals surface area contributed by atoms with Gasteiger partial charge in [0.25, 0.3) is 0 Å². The zero-order valence-corrected chi connectivity index (χ0v) is 21.9. The lowest BCUT2D eigenvalue weighted by atomic mass is 9.95. The fraction of sp³-hybridized carbons (Fsp3) is 0.435. The highest BCUT2D eigenvalue weighted by Crippen LogP contribution is 2.38. The van der Waals surface area contributed by atoms with E-state index < -0.39 is 28.9 Å². The van der Waals surface area contributed by atoms with E-state index in [0.717, 1.165) is 6.20 Å². The summed E-state index contributed by atoms with van der Waals surface area (Å²) in [5.74, 6) is -1.18. The Morgan fingerprint density at radius 2 is 2.19 bits per heavy atom. The van der Waals surface area contributed by atoms with Crippen LogP contribution in [0.1, 0.15) is 28.4 Å². The molecule has 1 aromatic heterocycles. The summed E-state index contributed by atoms with van der Waals surface area (Å²) < 4.78 is 64.8. The standard InChI is InChI=1S/C23H23BrF4N4O4S/c1-2-36-22(34)18-16(9-32-5-6-35-11-13(32)10-33)30-20(21-29-8-17(37-21)23(26,27)28)31-19(18)14-4-3-12(25)7-15(14)24/h3-4,7-8,13,19,33H,2,5-6,9-11H2,1H3,(H,30,31). The summed E-state index contributed by atoms with van der Waals surface area (Å²) in [7, 11) is 0. The summed E-state index contributed by atoms with van der Waals surface area (Å²) >= 11 is 3.73. The average molecular weight is 607 g/mol. The zero-order valence-electron chi connectivity index (χ0n) is 19.5. The van der Waals surface area contributed by atoms with Crippen molar-refractivity contribution in [2.24, 2.45) is 4.99 Å². The summed E-state index contributed by atoms with van der Waals surface area (Å²) in [5, 5.41) is 12.8. The van der Waals surface area contributed by atoms with E-state index in [0.29, 0.717) is 40.2 Å². The van der Waals surface area contributed by atoms with E-state index >= 15 is 0 Å². The molecule has 2 atom stereocenters. The van der Waals surface area contributed by atoms with Crippen LogP contribution in [-0.2, 0) is 20.4 Å².